The highest BCUT2D eigenvalue weighted by atomic mass is 16.3. The molecule has 1 aromatic heterocycles. The summed E-state index contributed by atoms with van der Waals surface area (Å²) in [4.78, 5) is 11.3. The lowest BCUT2D eigenvalue weighted by Gasteiger charge is -2.06. The van der Waals surface area contributed by atoms with E-state index >= 15 is 0 Å². The Morgan fingerprint density at radius 3 is 2.44 bits per heavy atom. The first-order valence-electron chi connectivity index (χ1n) is 5.76. The van der Waals surface area contributed by atoms with E-state index in [-0.39, 0.29) is 17.2 Å². The van der Waals surface area contributed by atoms with Crippen molar-refractivity contribution in [2.75, 3.05) is 0 Å². The molecule has 4 nitrogen and oxygen atoms in total. The van der Waals surface area contributed by atoms with Gasteiger partial charge in [0.2, 0.25) is 0 Å². The molecular formula is C14H16N2O2. The molecule has 0 radical (unpaired) electrons. The van der Waals surface area contributed by atoms with Gasteiger partial charge in [-0.1, -0.05) is 12.1 Å². The average Bonchev–Trinajstić information content (AvgIpc) is 2.59. The Balaban J connectivity index is 2.64. The number of carbonyl (C=O) groups excluding carboxylic acids is 1. The number of aryl methyl sites for hydroxylation is 3. The lowest BCUT2D eigenvalue weighted by atomic mass is 10.0. The van der Waals surface area contributed by atoms with E-state index in [9.17, 15) is 9.90 Å². The number of ketones is 1. The quantitative estimate of drug-likeness (QED) is 0.826. The Bertz CT molecular complexity index is 627. The highest BCUT2D eigenvalue weighted by Crippen LogP contribution is 2.32. The fourth-order valence-electron chi connectivity index (χ4n) is 1.96. The van der Waals surface area contributed by atoms with Crippen LogP contribution in [0, 0.1) is 13.8 Å². The minimum atomic E-state index is -0.238. The SMILES string of the molecule is CC(=O)c1nn(C)c(-c2ccc(C)c(C)c2)c1O. The maximum atomic E-state index is 11.3. The van der Waals surface area contributed by atoms with Crippen molar-refractivity contribution in [1.29, 1.82) is 0 Å². The fourth-order valence-corrected chi connectivity index (χ4v) is 1.96. The molecular weight excluding hydrogens is 228 g/mol. The van der Waals surface area contributed by atoms with E-state index in [1.807, 2.05) is 32.0 Å². The number of nitrogens with zero attached hydrogens (tertiary/aromatic N) is 2. The van der Waals surface area contributed by atoms with E-state index in [4.69, 9.17) is 0 Å². The lowest BCUT2D eigenvalue weighted by molar-refractivity contribution is 0.101. The van der Waals surface area contributed by atoms with Crippen molar-refractivity contribution < 1.29 is 9.90 Å². The highest BCUT2D eigenvalue weighted by Gasteiger charge is 2.19. The molecule has 0 aliphatic heterocycles. The maximum Gasteiger partial charge on any atom is 0.183 e. The average molecular weight is 244 g/mol. The number of carbonyl (C=O) groups is 1. The molecule has 0 aliphatic carbocycles. The predicted octanol–water partition coefficient (Wildman–Crippen LogP) is 2.61. The van der Waals surface area contributed by atoms with Crippen molar-refractivity contribution in [3.63, 3.8) is 0 Å². The summed E-state index contributed by atoms with van der Waals surface area (Å²) in [7, 11) is 1.72. The zero-order valence-corrected chi connectivity index (χ0v) is 11.0. The third-order valence-electron chi connectivity index (χ3n) is 3.14. The van der Waals surface area contributed by atoms with Gasteiger partial charge in [0.05, 0.1) is 0 Å². The number of Topliss-reactive ketones (excluding diaryl/α,β-unsaturated/α-hetero) is 1. The number of aromatic hydroxyl groups is 1. The van der Waals surface area contributed by atoms with Gasteiger partial charge in [-0.25, -0.2) is 0 Å². The van der Waals surface area contributed by atoms with E-state index in [0.29, 0.717) is 5.69 Å². The number of hydrogen-bond acceptors (Lipinski definition) is 3. The van der Waals surface area contributed by atoms with Gasteiger partial charge < -0.3 is 5.11 Å². The third-order valence-corrected chi connectivity index (χ3v) is 3.14. The van der Waals surface area contributed by atoms with Crippen molar-refractivity contribution in [3.8, 4) is 17.0 Å². The lowest BCUT2D eigenvalue weighted by Crippen LogP contribution is -1.97. The van der Waals surface area contributed by atoms with Gasteiger partial charge in [0.15, 0.2) is 17.2 Å². The molecule has 1 aromatic carbocycles. The second kappa shape index (κ2) is 4.29. The monoisotopic (exact) mass is 244 g/mol. The summed E-state index contributed by atoms with van der Waals surface area (Å²) in [6.45, 7) is 5.44. The van der Waals surface area contributed by atoms with Crippen LogP contribution in [0.5, 0.6) is 5.75 Å². The molecule has 18 heavy (non-hydrogen) atoms. The fraction of sp³-hybridized carbons (Fsp3) is 0.286. The van der Waals surface area contributed by atoms with Crippen LogP contribution in [0.15, 0.2) is 18.2 Å². The molecule has 4 heteroatoms. The second-order valence-electron chi connectivity index (χ2n) is 4.52. The molecule has 2 rings (SSSR count). The molecule has 0 saturated carbocycles. The van der Waals surface area contributed by atoms with E-state index < -0.39 is 0 Å². The molecule has 94 valence electrons. The number of aromatic nitrogens is 2. The zero-order valence-electron chi connectivity index (χ0n) is 11.0. The predicted molar refractivity (Wildman–Crippen MR) is 69.8 cm³/mol. The van der Waals surface area contributed by atoms with Crippen LogP contribution < -0.4 is 0 Å². The summed E-state index contributed by atoms with van der Waals surface area (Å²) < 4.78 is 1.54. The molecule has 1 heterocycles. The smallest absolute Gasteiger partial charge is 0.183 e. The van der Waals surface area contributed by atoms with Crippen molar-refractivity contribution in [3.05, 3.63) is 35.0 Å². The minimum absolute atomic E-state index is 0.0479. The topological polar surface area (TPSA) is 55.1 Å². The Morgan fingerprint density at radius 1 is 1.28 bits per heavy atom. The largest absolute Gasteiger partial charge is 0.504 e. The molecule has 0 bridgehead atoms. The molecule has 0 atom stereocenters. The Labute approximate surface area is 106 Å². The number of hydrogen-bond donors (Lipinski definition) is 1. The normalized spacial score (nSPS) is 10.7. The molecule has 0 aliphatic rings. The van der Waals surface area contributed by atoms with Crippen LogP contribution in [0.2, 0.25) is 0 Å². The van der Waals surface area contributed by atoms with E-state index in [1.165, 1.54) is 17.2 Å². The minimum Gasteiger partial charge on any atom is -0.504 e. The van der Waals surface area contributed by atoms with Gasteiger partial charge in [-0.2, -0.15) is 5.10 Å². The van der Waals surface area contributed by atoms with Crippen LogP contribution in [0.4, 0.5) is 0 Å². The summed E-state index contributed by atoms with van der Waals surface area (Å²) >= 11 is 0. The van der Waals surface area contributed by atoms with E-state index in [1.54, 1.807) is 7.05 Å². The molecule has 2 aromatic rings. The van der Waals surface area contributed by atoms with Crippen LogP contribution in [-0.4, -0.2) is 20.7 Å². The highest BCUT2D eigenvalue weighted by molar-refractivity contribution is 5.97. The van der Waals surface area contributed by atoms with Crippen LogP contribution >= 0.6 is 0 Å². The van der Waals surface area contributed by atoms with Gasteiger partial charge in [-0.3, -0.25) is 9.48 Å². The first-order valence-corrected chi connectivity index (χ1v) is 5.76. The van der Waals surface area contributed by atoms with Gasteiger partial charge in [0, 0.05) is 19.5 Å². The van der Waals surface area contributed by atoms with Crippen LogP contribution in [0.3, 0.4) is 0 Å². The Hall–Kier alpha value is -2.10. The second-order valence-corrected chi connectivity index (χ2v) is 4.52. The zero-order chi connectivity index (χ0) is 13.4. The molecule has 0 unspecified atom stereocenters. The van der Waals surface area contributed by atoms with Gasteiger partial charge in [-0.15, -0.1) is 0 Å². The number of rotatable bonds is 2. The third kappa shape index (κ3) is 1.90. The Kier molecular flexibility index (Phi) is 2.95. The van der Waals surface area contributed by atoms with Gasteiger partial charge in [-0.05, 0) is 31.0 Å². The molecule has 0 fully saturated rings. The standard InChI is InChI=1S/C14H16N2O2/c1-8-5-6-11(7-9(8)2)13-14(18)12(10(3)17)15-16(13)4/h5-7,18H,1-4H3. The summed E-state index contributed by atoms with van der Waals surface area (Å²) in [5, 5.41) is 14.1. The first-order chi connectivity index (χ1) is 8.41. The van der Waals surface area contributed by atoms with E-state index in [2.05, 4.69) is 5.10 Å². The molecule has 0 saturated heterocycles. The molecule has 0 spiro atoms. The van der Waals surface area contributed by atoms with Crippen molar-refractivity contribution in [2.24, 2.45) is 7.05 Å². The van der Waals surface area contributed by atoms with E-state index in [0.717, 1.165) is 11.1 Å². The first kappa shape index (κ1) is 12.4. The summed E-state index contributed by atoms with van der Waals surface area (Å²) in [5.74, 6) is -0.286. The van der Waals surface area contributed by atoms with Crippen LogP contribution in [0.25, 0.3) is 11.3 Å². The van der Waals surface area contributed by atoms with Gasteiger partial charge in [0.1, 0.15) is 5.69 Å². The molecule has 1 N–H and O–H groups in total. The van der Waals surface area contributed by atoms with Gasteiger partial charge >= 0.3 is 0 Å². The van der Waals surface area contributed by atoms with Crippen LogP contribution in [-0.2, 0) is 7.05 Å². The number of benzene rings is 1. The summed E-state index contributed by atoms with van der Waals surface area (Å²) in [6, 6.07) is 5.89. The van der Waals surface area contributed by atoms with Crippen molar-refractivity contribution in [1.82, 2.24) is 9.78 Å². The summed E-state index contributed by atoms with van der Waals surface area (Å²) in [6.07, 6.45) is 0. The maximum absolute atomic E-state index is 11.3. The molecule has 0 amide bonds. The van der Waals surface area contributed by atoms with Crippen molar-refractivity contribution >= 4 is 5.78 Å². The van der Waals surface area contributed by atoms with Gasteiger partial charge in [0.25, 0.3) is 0 Å². The van der Waals surface area contributed by atoms with Crippen molar-refractivity contribution in [2.45, 2.75) is 20.8 Å². The Morgan fingerprint density at radius 2 is 1.94 bits per heavy atom. The van der Waals surface area contributed by atoms with Crippen LogP contribution in [0.1, 0.15) is 28.5 Å². The summed E-state index contributed by atoms with van der Waals surface area (Å²) in [5.41, 5.74) is 3.87.